The Morgan fingerprint density at radius 3 is 2.61 bits per heavy atom. The van der Waals surface area contributed by atoms with Crippen LogP contribution in [0, 0.1) is 5.82 Å². The number of imide groups is 2. The second-order valence-corrected chi connectivity index (χ2v) is 4.28. The van der Waals surface area contributed by atoms with Gasteiger partial charge < -0.3 is 0 Å². The number of nitrogens with one attached hydrogen (secondary N) is 1. The third-order valence-electron chi connectivity index (χ3n) is 2.25. The van der Waals surface area contributed by atoms with E-state index in [-0.39, 0.29) is 10.2 Å². The predicted molar refractivity (Wildman–Crippen MR) is 60.0 cm³/mol. The Balaban J connectivity index is 2.49. The highest BCUT2D eigenvalue weighted by molar-refractivity contribution is 9.10. The smallest absolute Gasteiger partial charge is 0.274 e. The zero-order valence-corrected chi connectivity index (χ0v) is 10.2. The number of barbiturate groups is 1. The first-order valence-corrected chi connectivity index (χ1v) is 5.49. The van der Waals surface area contributed by atoms with Gasteiger partial charge in [0.15, 0.2) is 0 Å². The summed E-state index contributed by atoms with van der Waals surface area (Å²) in [6, 6.07) is 2.11. The number of amides is 4. The van der Waals surface area contributed by atoms with Crippen molar-refractivity contribution >= 4 is 39.5 Å². The molecule has 1 aromatic rings. The van der Waals surface area contributed by atoms with Crippen molar-refractivity contribution in [2.75, 3.05) is 4.90 Å². The number of carbonyl (C=O) groups excluding carboxylic acids is 3. The first-order chi connectivity index (χ1) is 8.41. The maximum absolute atomic E-state index is 13.2. The van der Waals surface area contributed by atoms with E-state index in [0.29, 0.717) is 4.90 Å². The molecule has 1 heterocycles. The van der Waals surface area contributed by atoms with Crippen LogP contribution in [0.3, 0.4) is 0 Å². The van der Waals surface area contributed by atoms with E-state index < -0.39 is 29.8 Å². The van der Waals surface area contributed by atoms with Crippen LogP contribution >= 0.6 is 15.9 Å². The third kappa shape index (κ3) is 1.99. The molecule has 1 fully saturated rings. The molecule has 8 heteroatoms. The number of halogens is 3. The van der Waals surface area contributed by atoms with E-state index >= 15 is 0 Å². The van der Waals surface area contributed by atoms with Crippen LogP contribution in [0.1, 0.15) is 0 Å². The minimum Gasteiger partial charge on any atom is -0.274 e. The van der Waals surface area contributed by atoms with Gasteiger partial charge in [-0.1, -0.05) is 0 Å². The molecule has 5 nitrogen and oxygen atoms in total. The average molecular weight is 319 g/mol. The molecular weight excluding hydrogens is 314 g/mol. The standard InChI is InChI=1S/C10H5BrF2N2O3/c11-5-2-1-4(12)3-6(5)15-9(17)7(13)8(16)14-10(15)18/h1-3,7H,(H,14,16,18). The summed E-state index contributed by atoms with van der Waals surface area (Å²) in [6.45, 7) is 0. The third-order valence-corrected chi connectivity index (χ3v) is 2.92. The number of nitrogens with zero attached hydrogens (tertiary/aromatic N) is 1. The fraction of sp³-hybridized carbons (Fsp3) is 0.100. The van der Waals surface area contributed by atoms with Crippen molar-refractivity contribution in [3.63, 3.8) is 0 Å². The molecule has 0 radical (unpaired) electrons. The van der Waals surface area contributed by atoms with Crippen LogP contribution in [0.15, 0.2) is 22.7 Å². The molecule has 0 spiro atoms. The molecular formula is C10H5BrF2N2O3. The Kier molecular flexibility index (Phi) is 3.12. The lowest BCUT2D eigenvalue weighted by Crippen LogP contribution is -2.59. The highest BCUT2D eigenvalue weighted by atomic mass is 79.9. The van der Waals surface area contributed by atoms with Crippen molar-refractivity contribution in [2.45, 2.75) is 6.17 Å². The number of hydrogen-bond donors (Lipinski definition) is 1. The summed E-state index contributed by atoms with van der Waals surface area (Å²) in [5, 5.41) is 1.66. The topological polar surface area (TPSA) is 66.5 Å². The molecule has 0 bridgehead atoms. The lowest BCUT2D eigenvalue weighted by atomic mass is 10.2. The highest BCUT2D eigenvalue weighted by Gasteiger charge is 2.42. The molecule has 1 aliphatic heterocycles. The largest absolute Gasteiger partial charge is 0.335 e. The second kappa shape index (κ2) is 4.45. The number of carbonyl (C=O) groups is 3. The minimum atomic E-state index is -2.49. The number of alkyl halides is 1. The summed E-state index contributed by atoms with van der Waals surface area (Å²) >= 11 is 3.01. The zero-order chi connectivity index (χ0) is 13.4. The Morgan fingerprint density at radius 2 is 1.94 bits per heavy atom. The Morgan fingerprint density at radius 1 is 1.28 bits per heavy atom. The number of benzene rings is 1. The first-order valence-electron chi connectivity index (χ1n) is 4.69. The van der Waals surface area contributed by atoms with Gasteiger partial charge in [-0.05, 0) is 34.1 Å². The zero-order valence-electron chi connectivity index (χ0n) is 8.62. The SMILES string of the molecule is O=C1NC(=O)N(c2cc(F)ccc2Br)C(=O)C1F. The van der Waals surface area contributed by atoms with Gasteiger partial charge in [-0.3, -0.25) is 14.9 Å². The molecule has 0 saturated carbocycles. The minimum absolute atomic E-state index is 0.173. The number of urea groups is 1. The maximum Gasteiger partial charge on any atom is 0.335 e. The van der Waals surface area contributed by atoms with Crippen LogP contribution in [-0.4, -0.2) is 24.0 Å². The maximum atomic E-state index is 13.2. The van der Waals surface area contributed by atoms with Crippen LogP contribution in [0.5, 0.6) is 0 Å². The Labute approximate surface area is 108 Å². The summed E-state index contributed by atoms with van der Waals surface area (Å²) in [4.78, 5) is 34.3. The van der Waals surface area contributed by atoms with Crippen molar-refractivity contribution in [3.05, 3.63) is 28.5 Å². The van der Waals surface area contributed by atoms with Gasteiger partial charge in [-0.15, -0.1) is 0 Å². The molecule has 18 heavy (non-hydrogen) atoms. The molecule has 1 atom stereocenters. The van der Waals surface area contributed by atoms with Gasteiger partial charge in [-0.25, -0.2) is 18.5 Å². The van der Waals surface area contributed by atoms with Crippen molar-refractivity contribution in [1.29, 1.82) is 0 Å². The summed E-state index contributed by atoms with van der Waals surface area (Å²) in [5.74, 6) is -3.38. The molecule has 1 aromatic carbocycles. The molecule has 1 unspecified atom stereocenters. The Bertz CT molecular complexity index is 564. The molecule has 0 aromatic heterocycles. The van der Waals surface area contributed by atoms with E-state index in [2.05, 4.69) is 15.9 Å². The number of hydrogen-bond acceptors (Lipinski definition) is 3. The van der Waals surface area contributed by atoms with Gasteiger partial charge in [0, 0.05) is 4.47 Å². The fourth-order valence-electron chi connectivity index (χ4n) is 1.44. The molecule has 0 aliphatic carbocycles. The van der Waals surface area contributed by atoms with Crippen LogP contribution < -0.4 is 10.2 Å². The first kappa shape index (κ1) is 12.6. The van der Waals surface area contributed by atoms with E-state index in [1.54, 1.807) is 5.32 Å². The lowest BCUT2D eigenvalue weighted by molar-refractivity contribution is -0.135. The van der Waals surface area contributed by atoms with Crippen molar-refractivity contribution in [2.24, 2.45) is 0 Å². The Hall–Kier alpha value is -1.83. The van der Waals surface area contributed by atoms with Crippen molar-refractivity contribution < 1.29 is 23.2 Å². The van der Waals surface area contributed by atoms with E-state index in [9.17, 15) is 23.2 Å². The normalized spacial score (nSPS) is 20.1. The molecule has 1 aliphatic rings. The quantitative estimate of drug-likeness (QED) is 0.798. The van der Waals surface area contributed by atoms with Crippen LogP contribution in [0.2, 0.25) is 0 Å². The van der Waals surface area contributed by atoms with Crippen molar-refractivity contribution in [1.82, 2.24) is 5.32 Å². The van der Waals surface area contributed by atoms with E-state index in [1.165, 1.54) is 6.07 Å². The molecule has 4 amide bonds. The average Bonchev–Trinajstić information content (AvgIpc) is 2.31. The van der Waals surface area contributed by atoms with E-state index in [4.69, 9.17) is 0 Å². The van der Waals surface area contributed by atoms with Crippen molar-refractivity contribution in [3.8, 4) is 0 Å². The summed E-state index contributed by atoms with van der Waals surface area (Å²) in [5.41, 5.74) is -0.173. The highest BCUT2D eigenvalue weighted by Crippen LogP contribution is 2.29. The summed E-state index contributed by atoms with van der Waals surface area (Å²) in [6.07, 6.45) is -2.49. The van der Waals surface area contributed by atoms with Crippen LogP contribution in [0.25, 0.3) is 0 Å². The van der Waals surface area contributed by atoms with Gasteiger partial charge in [0.25, 0.3) is 18.0 Å². The summed E-state index contributed by atoms with van der Waals surface area (Å²) < 4.78 is 26.5. The lowest BCUT2D eigenvalue weighted by Gasteiger charge is -2.27. The monoisotopic (exact) mass is 318 g/mol. The fourth-order valence-corrected chi connectivity index (χ4v) is 1.86. The van der Waals surface area contributed by atoms with Gasteiger partial charge >= 0.3 is 6.03 Å². The summed E-state index contributed by atoms with van der Waals surface area (Å²) in [7, 11) is 0. The molecule has 1 saturated heterocycles. The number of rotatable bonds is 1. The molecule has 94 valence electrons. The molecule has 1 N–H and O–H groups in total. The molecule has 2 rings (SSSR count). The van der Waals surface area contributed by atoms with Gasteiger partial charge in [-0.2, -0.15) is 0 Å². The van der Waals surface area contributed by atoms with Crippen LogP contribution in [-0.2, 0) is 9.59 Å². The number of anilines is 1. The van der Waals surface area contributed by atoms with Gasteiger partial charge in [0.05, 0.1) is 5.69 Å². The van der Waals surface area contributed by atoms with E-state index in [0.717, 1.165) is 12.1 Å². The van der Waals surface area contributed by atoms with Gasteiger partial charge in [0.2, 0.25) is 0 Å². The van der Waals surface area contributed by atoms with E-state index in [1.807, 2.05) is 0 Å². The van der Waals surface area contributed by atoms with Gasteiger partial charge in [0.1, 0.15) is 5.82 Å². The van der Waals surface area contributed by atoms with Crippen LogP contribution in [0.4, 0.5) is 19.3 Å². The predicted octanol–water partition coefficient (Wildman–Crippen LogP) is 1.51. The second-order valence-electron chi connectivity index (χ2n) is 3.43.